The highest BCUT2D eigenvalue weighted by Crippen LogP contribution is 2.07. The highest BCUT2D eigenvalue weighted by molar-refractivity contribution is 5.90. The summed E-state index contributed by atoms with van der Waals surface area (Å²) in [5.74, 6) is -3.16. The number of aryl methyl sites for hydroxylation is 1. The van der Waals surface area contributed by atoms with Crippen LogP contribution in [0.4, 0.5) is 0 Å². The number of hydrogen-bond donors (Lipinski definition) is 7. The maximum Gasteiger partial charge on any atom is 0.332 e. The molecule has 0 fully saturated rings. The quantitative estimate of drug-likeness (QED) is 0.176. The standard InChI is InChI=1S/C12H21N5O7.C7H8O/c1-7(12(22)23)24-6-17-11(21)5-16-10(20)4-15-9(19)3-14-8(18)2-13;1-6-2-4-7(8)5-3-6/h7H,2-6,13H2,1H3,(H,14,18)(H,15,19)(H,16,20)(H,17,21)(H,22,23);2-5,8H,1H3. The van der Waals surface area contributed by atoms with Crippen molar-refractivity contribution in [3.8, 4) is 5.75 Å². The Bertz CT molecular complexity index is 748. The van der Waals surface area contributed by atoms with Crippen molar-refractivity contribution < 1.29 is 38.9 Å². The number of nitrogens with two attached hydrogens (primary N) is 1. The van der Waals surface area contributed by atoms with Crippen molar-refractivity contribution >= 4 is 29.6 Å². The van der Waals surface area contributed by atoms with Crippen molar-refractivity contribution in [3.05, 3.63) is 29.8 Å². The molecule has 0 aromatic heterocycles. The minimum absolute atomic E-state index is 0.252. The number of nitrogens with one attached hydrogen (secondary N) is 4. The van der Waals surface area contributed by atoms with Crippen LogP contribution in [-0.4, -0.2) is 78.8 Å². The number of hydrogen-bond acceptors (Lipinski definition) is 8. The van der Waals surface area contributed by atoms with E-state index in [1.807, 2.05) is 19.1 Å². The largest absolute Gasteiger partial charge is 0.508 e. The Labute approximate surface area is 184 Å². The van der Waals surface area contributed by atoms with E-state index in [-0.39, 0.29) is 32.9 Å². The first-order valence-electron chi connectivity index (χ1n) is 9.42. The molecule has 0 spiro atoms. The summed E-state index contributed by atoms with van der Waals surface area (Å²) in [6, 6.07) is 7.09. The first-order chi connectivity index (χ1) is 15.0. The molecule has 0 heterocycles. The van der Waals surface area contributed by atoms with Crippen LogP contribution in [0.15, 0.2) is 24.3 Å². The van der Waals surface area contributed by atoms with E-state index in [0.29, 0.717) is 5.75 Å². The third kappa shape index (κ3) is 15.2. The molecule has 1 aromatic rings. The lowest BCUT2D eigenvalue weighted by Gasteiger charge is -2.10. The number of phenols is 1. The van der Waals surface area contributed by atoms with Gasteiger partial charge in [-0.1, -0.05) is 17.7 Å². The van der Waals surface area contributed by atoms with E-state index < -0.39 is 35.7 Å². The van der Waals surface area contributed by atoms with Crippen LogP contribution >= 0.6 is 0 Å². The maximum atomic E-state index is 11.4. The van der Waals surface area contributed by atoms with Crippen molar-refractivity contribution in [2.45, 2.75) is 20.0 Å². The Morgan fingerprint density at radius 2 is 1.31 bits per heavy atom. The van der Waals surface area contributed by atoms with Crippen molar-refractivity contribution in [2.24, 2.45) is 5.73 Å². The van der Waals surface area contributed by atoms with Crippen LogP contribution in [0.2, 0.25) is 0 Å². The number of aliphatic carboxylic acids is 1. The zero-order chi connectivity index (χ0) is 24.5. The van der Waals surface area contributed by atoms with E-state index in [0.717, 1.165) is 0 Å². The maximum absolute atomic E-state index is 11.4. The smallest absolute Gasteiger partial charge is 0.332 e. The van der Waals surface area contributed by atoms with Crippen molar-refractivity contribution in [2.75, 3.05) is 32.9 Å². The Balaban J connectivity index is 0.000000995. The van der Waals surface area contributed by atoms with Crippen LogP contribution in [-0.2, 0) is 28.7 Å². The molecule has 1 rings (SSSR count). The van der Waals surface area contributed by atoms with E-state index in [2.05, 4.69) is 21.3 Å². The lowest BCUT2D eigenvalue weighted by atomic mass is 10.2. The van der Waals surface area contributed by atoms with Gasteiger partial charge in [-0.3, -0.25) is 19.2 Å². The van der Waals surface area contributed by atoms with Crippen LogP contribution in [0.5, 0.6) is 5.75 Å². The normalized spacial score (nSPS) is 10.6. The summed E-state index contributed by atoms with van der Waals surface area (Å²) in [4.78, 5) is 55.3. The molecular weight excluding hydrogens is 426 g/mol. The summed E-state index contributed by atoms with van der Waals surface area (Å²) in [5.41, 5.74) is 6.20. The lowest BCUT2D eigenvalue weighted by Crippen LogP contribution is -2.45. The molecule has 0 radical (unpaired) electrons. The molecule has 13 heteroatoms. The molecule has 0 aliphatic rings. The van der Waals surface area contributed by atoms with Crippen molar-refractivity contribution in [3.63, 3.8) is 0 Å². The van der Waals surface area contributed by atoms with Gasteiger partial charge in [-0.15, -0.1) is 0 Å². The number of carbonyl (C=O) groups is 5. The van der Waals surface area contributed by atoms with E-state index in [1.54, 1.807) is 12.1 Å². The number of rotatable bonds is 11. The van der Waals surface area contributed by atoms with Crippen LogP contribution in [0, 0.1) is 6.92 Å². The monoisotopic (exact) mass is 455 g/mol. The highest BCUT2D eigenvalue weighted by atomic mass is 16.5. The summed E-state index contributed by atoms with van der Waals surface area (Å²) in [6.45, 7) is 1.65. The molecule has 4 amide bonds. The van der Waals surface area contributed by atoms with Gasteiger partial charge in [-0.2, -0.15) is 0 Å². The molecule has 0 aliphatic heterocycles. The average molecular weight is 455 g/mol. The number of phenolic OH excluding ortho intramolecular Hbond substituents is 1. The number of benzene rings is 1. The second kappa shape index (κ2) is 16.0. The van der Waals surface area contributed by atoms with Gasteiger partial charge in [0.05, 0.1) is 26.2 Å². The number of ether oxygens (including phenoxy) is 1. The zero-order valence-corrected chi connectivity index (χ0v) is 17.8. The molecule has 178 valence electrons. The summed E-state index contributed by atoms with van der Waals surface area (Å²) in [6.07, 6.45) is -1.07. The molecule has 8 N–H and O–H groups in total. The fourth-order valence-electron chi connectivity index (χ4n) is 1.66. The Hall–Kier alpha value is -3.71. The van der Waals surface area contributed by atoms with Gasteiger partial charge in [0.2, 0.25) is 23.6 Å². The van der Waals surface area contributed by atoms with Gasteiger partial charge in [-0.05, 0) is 26.0 Å². The molecule has 0 saturated carbocycles. The Kier molecular flexibility index (Phi) is 14.2. The predicted octanol–water partition coefficient (Wildman–Crippen LogP) is -2.44. The highest BCUT2D eigenvalue weighted by Gasteiger charge is 2.12. The predicted molar refractivity (Wildman–Crippen MR) is 112 cm³/mol. The van der Waals surface area contributed by atoms with Crippen molar-refractivity contribution in [1.29, 1.82) is 0 Å². The van der Waals surface area contributed by atoms with Gasteiger partial charge in [0.1, 0.15) is 12.5 Å². The van der Waals surface area contributed by atoms with E-state index in [4.69, 9.17) is 20.7 Å². The second-order valence-electron chi connectivity index (χ2n) is 6.26. The number of carboxylic acids is 1. The van der Waals surface area contributed by atoms with Crippen LogP contribution < -0.4 is 27.0 Å². The van der Waals surface area contributed by atoms with Gasteiger partial charge >= 0.3 is 5.97 Å². The number of carboxylic acid groups (broad SMARTS) is 1. The van der Waals surface area contributed by atoms with E-state index in [1.165, 1.54) is 12.5 Å². The lowest BCUT2D eigenvalue weighted by molar-refractivity contribution is -0.150. The molecule has 0 saturated heterocycles. The summed E-state index contributed by atoms with van der Waals surface area (Å²) in [5, 5.41) is 26.2. The summed E-state index contributed by atoms with van der Waals surface area (Å²) in [7, 11) is 0. The average Bonchev–Trinajstić information content (AvgIpc) is 2.76. The first-order valence-corrected chi connectivity index (χ1v) is 9.42. The van der Waals surface area contributed by atoms with Gasteiger partial charge in [0.25, 0.3) is 0 Å². The summed E-state index contributed by atoms with van der Waals surface area (Å²) < 4.78 is 4.77. The van der Waals surface area contributed by atoms with E-state index >= 15 is 0 Å². The molecule has 1 unspecified atom stereocenters. The topological polar surface area (TPSA) is 209 Å². The number of aromatic hydroxyl groups is 1. The van der Waals surface area contributed by atoms with Gasteiger partial charge < -0.3 is 42.0 Å². The minimum Gasteiger partial charge on any atom is -0.508 e. The fourth-order valence-corrected chi connectivity index (χ4v) is 1.66. The zero-order valence-electron chi connectivity index (χ0n) is 17.8. The number of carbonyl (C=O) groups excluding carboxylic acids is 4. The SMILES string of the molecule is CC(OCNC(=O)CNC(=O)CNC(=O)CNC(=O)CN)C(=O)O.Cc1ccc(O)cc1. The minimum atomic E-state index is -1.17. The molecule has 13 nitrogen and oxygen atoms in total. The second-order valence-corrected chi connectivity index (χ2v) is 6.26. The molecular formula is C19H29N5O8. The molecule has 0 bridgehead atoms. The molecule has 1 aromatic carbocycles. The van der Waals surface area contributed by atoms with E-state index in [9.17, 15) is 24.0 Å². The molecule has 1 atom stereocenters. The third-order valence-corrected chi connectivity index (χ3v) is 3.51. The van der Waals surface area contributed by atoms with Gasteiger partial charge in [0, 0.05) is 0 Å². The first kappa shape index (κ1) is 28.3. The van der Waals surface area contributed by atoms with Crippen LogP contribution in [0.3, 0.4) is 0 Å². The Morgan fingerprint density at radius 1 is 0.875 bits per heavy atom. The van der Waals surface area contributed by atoms with Crippen LogP contribution in [0.25, 0.3) is 0 Å². The van der Waals surface area contributed by atoms with Gasteiger partial charge in [-0.25, -0.2) is 4.79 Å². The Morgan fingerprint density at radius 3 is 1.72 bits per heavy atom. The van der Waals surface area contributed by atoms with Crippen molar-refractivity contribution in [1.82, 2.24) is 21.3 Å². The molecule has 32 heavy (non-hydrogen) atoms. The number of amides is 4. The van der Waals surface area contributed by atoms with Gasteiger partial charge in [0.15, 0.2) is 6.10 Å². The van der Waals surface area contributed by atoms with Crippen LogP contribution in [0.1, 0.15) is 12.5 Å². The summed E-state index contributed by atoms with van der Waals surface area (Å²) >= 11 is 0. The molecule has 0 aliphatic carbocycles. The fraction of sp³-hybridized carbons (Fsp3) is 0.421. The third-order valence-electron chi connectivity index (χ3n) is 3.51.